The van der Waals surface area contributed by atoms with Gasteiger partial charge in [-0.15, -0.1) is 11.6 Å². The van der Waals surface area contributed by atoms with Gasteiger partial charge in [0.25, 0.3) is 0 Å². The predicted molar refractivity (Wildman–Crippen MR) is 113 cm³/mol. The Morgan fingerprint density at radius 2 is 1.82 bits per heavy atom. The Morgan fingerprint density at radius 3 is 2.50 bits per heavy atom. The molecule has 6 nitrogen and oxygen atoms in total. The minimum Gasteiger partial charge on any atom is -0.236 e. The first-order chi connectivity index (χ1) is 13.7. The molecular formula is C20H14Cl2N6. The molecule has 0 saturated heterocycles. The highest BCUT2D eigenvalue weighted by Crippen LogP contribution is 2.38. The molecule has 2 aromatic heterocycles. The Labute approximate surface area is 171 Å². The maximum atomic E-state index is 9.15. The lowest BCUT2D eigenvalue weighted by Gasteiger charge is -2.07. The third kappa shape index (κ3) is 3.29. The lowest BCUT2D eigenvalue weighted by molar-refractivity contribution is 0.900. The van der Waals surface area contributed by atoms with E-state index in [4.69, 9.17) is 33.8 Å². The number of para-hydroxylation sites is 1. The van der Waals surface area contributed by atoms with Gasteiger partial charge in [-0.2, -0.15) is 5.10 Å². The summed E-state index contributed by atoms with van der Waals surface area (Å²) in [6.07, 6.45) is 2.23. The van der Waals surface area contributed by atoms with E-state index in [2.05, 4.69) is 15.0 Å². The fourth-order valence-corrected chi connectivity index (χ4v) is 3.44. The second-order valence-corrected chi connectivity index (χ2v) is 6.88. The highest BCUT2D eigenvalue weighted by Gasteiger charge is 2.20. The van der Waals surface area contributed by atoms with E-state index in [1.165, 1.54) is 0 Å². The SMILES string of the molecule is [N-]=[N+]=Nc1c(CCCl)cnc2c1c(-c1ccc(Cl)cc1)nn2-c1ccccc1. The highest BCUT2D eigenvalue weighted by molar-refractivity contribution is 6.30. The third-order valence-corrected chi connectivity index (χ3v) is 4.81. The van der Waals surface area contributed by atoms with Crippen LogP contribution in [0.3, 0.4) is 0 Å². The van der Waals surface area contributed by atoms with Gasteiger partial charge in [-0.3, -0.25) is 0 Å². The topological polar surface area (TPSA) is 79.5 Å². The molecule has 0 aliphatic carbocycles. The van der Waals surface area contributed by atoms with Crippen molar-refractivity contribution in [2.75, 3.05) is 5.88 Å². The molecule has 138 valence electrons. The van der Waals surface area contributed by atoms with Gasteiger partial charge in [-0.25, -0.2) is 9.67 Å². The molecule has 0 aliphatic rings. The van der Waals surface area contributed by atoms with Crippen LogP contribution in [-0.2, 0) is 6.42 Å². The van der Waals surface area contributed by atoms with Gasteiger partial charge in [0.1, 0.15) is 5.69 Å². The van der Waals surface area contributed by atoms with E-state index in [-0.39, 0.29) is 0 Å². The number of azide groups is 1. The van der Waals surface area contributed by atoms with Gasteiger partial charge in [0, 0.05) is 27.6 Å². The molecule has 0 aliphatic heterocycles. The first-order valence-electron chi connectivity index (χ1n) is 8.56. The van der Waals surface area contributed by atoms with Crippen molar-refractivity contribution >= 4 is 39.9 Å². The van der Waals surface area contributed by atoms with E-state index in [0.29, 0.717) is 39.7 Å². The van der Waals surface area contributed by atoms with Crippen molar-refractivity contribution in [3.8, 4) is 16.9 Å². The predicted octanol–water partition coefficient (Wildman–Crippen LogP) is 6.46. The molecule has 0 saturated carbocycles. The van der Waals surface area contributed by atoms with Crippen LogP contribution in [0.25, 0.3) is 38.4 Å². The fourth-order valence-electron chi connectivity index (χ4n) is 3.11. The Morgan fingerprint density at radius 1 is 1.07 bits per heavy atom. The number of halogens is 2. The Hall–Kier alpha value is -3.05. The van der Waals surface area contributed by atoms with Crippen molar-refractivity contribution in [2.24, 2.45) is 5.11 Å². The van der Waals surface area contributed by atoms with Gasteiger partial charge in [0.15, 0.2) is 5.65 Å². The number of aromatic nitrogens is 3. The summed E-state index contributed by atoms with van der Waals surface area (Å²) in [5.74, 6) is 0.393. The number of benzene rings is 2. The lowest BCUT2D eigenvalue weighted by atomic mass is 10.1. The van der Waals surface area contributed by atoms with Crippen LogP contribution in [0.2, 0.25) is 5.02 Å². The average Bonchev–Trinajstić information content (AvgIpc) is 3.11. The van der Waals surface area contributed by atoms with E-state index in [1.54, 1.807) is 23.0 Å². The average molecular weight is 409 g/mol. The smallest absolute Gasteiger partial charge is 0.164 e. The quantitative estimate of drug-likeness (QED) is 0.164. The van der Waals surface area contributed by atoms with Crippen molar-refractivity contribution in [1.29, 1.82) is 0 Å². The summed E-state index contributed by atoms with van der Waals surface area (Å²) in [6, 6.07) is 17.1. The van der Waals surface area contributed by atoms with Crippen LogP contribution in [0.15, 0.2) is 65.9 Å². The molecule has 0 atom stereocenters. The maximum Gasteiger partial charge on any atom is 0.164 e. The summed E-state index contributed by atoms with van der Waals surface area (Å²) in [7, 11) is 0. The zero-order valence-corrected chi connectivity index (χ0v) is 16.1. The monoisotopic (exact) mass is 408 g/mol. The summed E-state index contributed by atoms with van der Waals surface area (Å²) >= 11 is 12.0. The third-order valence-electron chi connectivity index (χ3n) is 4.37. The summed E-state index contributed by atoms with van der Waals surface area (Å²) in [4.78, 5) is 7.64. The first-order valence-corrected chi connectivity index (χ1v) is 9.47. The van der Waals surface area contributed by atoms with Crippen LogP contribution in [0.5, 0.6) is 0 Å². The lowest BCUT2D eigenvalue weighted by Crippen LogP contribution is -1.98. The maximum absolute atomic E-state index is 9.15. The minimum absolute atomic E-state index is 0.393. The molecule has 4 rings (SSSR count). The van der Waals surface area contributed by atoms with E-state index in [9.17, 15) is 0 Å². The number of pyridine rings is 1. The highest BCUT2D eigenvalue weighted by atomic mass is 35.5. The van der Waals surface area contributed by atoms with Crippen LogP contribution in [0, 0.1) is 0 Å². The number of nitrogens with zero attached hydrogens (tertiary/aromatic N) is 6. The number of alkyl halides is 1. The largest absolute Gasteiger partial charge is 0.236 e. The molecule has 0 N–H and O–H groups in total. The van der Waals surface area contributed by atoms with Gasteiger partial charge in [-0.1, -0.05) is 47.0 Å². The van der Waals surface area contributed by atoms with Crippen molar-refractivity contribution in [2.45, 2.75) is 6.42 Å². The molecule has 0 radical (unpaired) electrons. The standard InChI is InChI=1S/C20H14Cl2N6/c21-11-10-14-12-24-20-17(18(14)25-27-23)19(13-6-8-15(22)9-7-13)26-28(20)16-4-2-1-3-5-16/h1-9,12H,10-11H2. The minimum atomic E-state index is 0.393. The summed E-state index contributed by atoms with van der Waals surface area (Å²) in [6.45, 7) is 0. The fraction of sp³-hybridized carbons (Fsp3) is 0.100. The van der Waals surface area contributed by atoms with Crippen LogP contribution >= 0.6 is 23.2 Å². The normalized spacial score (nSPS) is 10.8. The summed E-state index contributed by atoms with van der Waals surface area (Å²) < 4.78 is 1.75. The Kier molecular flexibility index (Phi) is 5.17. The summed E-state index contributed by atoms with van der Waals surface area (Å²) in [5, 5.41) is 10.1. The van der Waals surface area contributed by atoms with Crippen molar-refractivity contribution < 1.29 is 0 Å². The number of fused-ring (bicyclic) bond motifs is 1. The Bertz CT molecular complexity index is 1180. The molecule has 2 heterocycles. The van der Waals surface area contributed by atoms with Crippen molar-refractivity contribution in [3.63, 3.8) is 0 Å². The molecule has 0 fully saturated rings. The second kappa shape index (κ2) is 7.90. The number of hydrogen-bond acceptors (Lipinski definition) is 3. The number of rotatable bonds is 5. The van der Waals surface area contributed by atoms with Crippen LogP contribution in [0.4, 0.5) is 5.69 Å². The van der Waals surface area contributed by atoms with E-state index < -0.39 is 0 Å². The van der Waals surface area contributed by atoms with Gasteiger partial charge in [-0.05, 0) is 41.8 Å². The van der Waals surface area contributed by atoms with Gasteiger partial charge in [0.2, 0.25) is 0 Å². The summed E-state index contributed by atoms with van der Waals surface area (Å²) in [5.41, 5.74) is 13.4. The second-order valence-electron chi connectivity index (χ2n) is 6.06. The molecule has 8 heteroatoms. The molecular weight excluding hydrogens is 395 g/mol. The molecule has 0 spiro atoms. The van der Waals surface area contributed by atoms with E-state index in [1.807, 2.05) is 42.5 Å². The number of aryl methyl sites for hydroxylation is 1. The van der Waals surface area contributed by atoms with E-state index in [0.717, 1.165) is 16.8 Å². The van der Waals surface area contributed by atoms with Gasteiger partial charge in [0.05, 0.1) is 16.8 Å². The zero-order valence-electron chi connectivity index (χ0n) is 14.6. The molecule has 0 unspecified atom stereocenters. The first kappa shape index (κ1) is 18.3. The molecule has 28 heavy (non-hydrogen) atoms. The van der Waals surface area contributed by atoms with Crippen LogP contribution in [0.1, 0.15) is 5.56 Å². The van der Waals surface area contributed by atoms with Gasteiger partial charge >= 0.3 is 0 Å². The zero-order chi connectivity index (χ0) is 19.5. The molecule has 2 aromatic carbocycles. The van der Waals surface area contributed by atoms with Crippen LogP contribution in [-0.4, -0.2) is 20.6 Å². The van der Waals surface area contributed by atoms with Crippen LogP contribution < -0.4 is 0 Å². The van der Waals surface area contributed by atoms with Gasteiger partial charge < -0.3 is 0 Å². The Balaban J connectivity index is 2.09. The van der Waals surface area contributed by atoms with Crippen molar-refractivity contribution in [1.82, 2.24) is 14.8 Å². The molecule has 0 amide bonds. The molecule has 0 bridgehead atoms. The number of hydrogen-bond donors (Lipinski definition) is 0. The molecule has 4 aromatic rings. The van der Waals surface area contributed by atoms with E-state index >= 15 is 0 Å². The van der Waals surface area contributed by atoms with Crippen molar-refractivity contribution in [3.05, 3.63) is 81.8 Å².